The van der Waals surface area contributed by atoms with Crippen LogP contribution in [-0.4, -0.2) is 29.1 Å². The molecule has 110 valence electrons. The van der Waals surface area contributed by atoms with Gasteiger partial charge in [-0.1, -0.05) is 31.2 Å². The summed E-state index contributed by atoms with van der Waals surface area (Å²) in [6, 6.07) is 8.49. The fourth-order valence-electron chi connectivity index (χ4n) is 3.30. The predicted octanol–water partition coefficient (Wildman–Crippen LogP) is 3.32. The molecule has 20 heavy (non-hydrogen) atoms. The van der Waals surface area contributed by atoms with E-state index in [4.69, 9.17) is 0 Å². The predicted molar refractivity (Wildman–Crippen MR) is 80.6 cm³/mol. The lowest BCUT2D eigenvalue weighted by atomic mass is 9.78. The Labute approximate surface area is 121 Å². The van der Waals surface area contributed by atoms with Crippen LogP contribution in [0.25, 0.3) is 0 Å². The van der Waals surface area contributed by atoms with Crippen molar-refractivity contribution in [3.8, 4) is 0 Å². The average Bonchev–Trinajstić information content (AvgIpc) is 2.40. The number of carboxylic acids is 1. The van der Waals surface area contributed by atoms with E-state index in [0.717, 1.165) is 25.8 Å². The molecule has 2 rings (SSSR count). The Morgan fingerprint density at radius 1 is 1.35 bits per heavy atom. The smallest absolute Gasteiger partial charge is 0.308 e. The monoisotopic (exact) mass is 275 g/mol. The summed E-state index contributed by atoms with van der Waals surface area (Å²) in [5.74, 6) is -0.242. The van der Waals surface area contributed by atoms with Crippen LogP contribution in [0.2, 0.25) is 0 Å². The fraction of sp³-hybridized carbons (Fsp3) is 0.588. The first-order valence-corrected chi connectivity index (χ1v) is 7.46. The summed E-state index contributed by atoms with van der Waals surface area (Å²) in [4.78, 5) is 13.7. The number of carbonyl (C=O) groups is 1. The zero-order valence-corrected chi connectivity index (χ0v) is 12.7. The molecule has 3 atom stereocenters. The number of nitrogens with zero attached hydrogens (tertiary/aromatic N) is 1. The molecule has 1 aliphatic carbocycles. The number of rotatable bonds is 4. The molecule has 1 N–H and O–H groups in total. The highest BCUT2D eigenvalue weighted by atomic mass is 16.4. The minimum absolute atomic E-state index is 0.149. The van der Waals surface area contributed by atoms with Crippen LogP contribution < -0.4 is 0 Å². The number of aliphatic carboxylic acids is 1. The summed E-state index contributed by atoms with van der Waals surface area (Å²) >= 11 is 0. The Hall–Kier alpha value is -1.35. The second-order valence-electron chi connectivity index (χ2n) is 6.27. The van der Waals surface area contributed by atoms with E-state index in [0.29, 0.717) is 5.92 Å². The van der Waals surface area contributed by atoms with E-state index in [-0.39, 0.29) is 12.0 Å². The molecule has 0 bridgehead atoms. The molecule has 0 aliphatic heterocycles. The van der Waals surface area contributed by atoms with Crippen molar-refractivity contribution >= 4 is 5.97 Å². The zero-order valence-electron chi connectivity index (χ0n) is 12.7. The second kappa shape index (κ2) is 6.40. The third kappa shape index (κ3) is 3.40. The van der Waals surface area contributed by atoms with Crippen molar-refractivity contribution in [3.05, 3.63) is 35.4 Å². The van der Waals surface area contributed by atoms with Crippen LogP contribution in [-0.2, 0) is 11.3 Å². The number of benzene rings is 1. The lowest BCUT2D eigenvalue weighted by Crippen LogP contribution is -2.44. The third-order valence-electron chi connectivity index (χ3n) is 4.64. The number of hydrogen-bond donors (Lipinski definition) is 1. The van der Waals surface area contributed by atoms with Gasteiger partial charge < -0.3 is 5.11 Å². The van der Waals surface area contributed by atoms with Crippen molar-refractivity contribution in [1.82, 2.24) is 4.90 Å². The van der Waals surface area contributed by atoms with Gasteiger partial charge in [-0.05, 0) is 50.3 Å². The summed E-state index contributed by atoms with van der Waals surface area (Å²) in [5, 5.41) is 9.44. The molecule has 1 aromatic rings. The van der Waals surface area contributed by atoms with Crippen LogP contribution in [0.5, 0.6) is 0 Å². The molecule has 0 saturated heterocycles. The Kier molecular flexibility index (Phi) is 4.81. The van der Waals surface area contributed by atoms with Crippen LogP contribution in [0.3, 0.4) is 0 Å². The topological polar surface area (TPSA) is 40.5 Å². The fourth-order valence-corrected chi connectivity index (χ4v) is 3.30. The van der Waals surface area contributed by atoms with Crippen LogP contribution in [0.15, 0.2) is 24.3 Å². The molecule has 1 aromatic carbocycles. The van der Waals surface area contributed by atoms with E-state index >= 15 is 0 Å². The number of carboxylic acid groups (broad SMARTS) is 1. The van der Waals surface area contributed by atoms with Gasteiger partial charge in [-0.2, -0.15) is 0 Å². The van der Waals surface area contributed by atoms with Crippen molar-refractivity contribution in [3.63, 3.8) is 0 Å². The molecule has 3 heteroatoms. The molecule has 0 radical (unpaired) electrons. The largest absolute Gasteiger partial charge is 0.481 e. The van der Waals surface area contributed by atoms with Crippen LogP contribution >= 0.6 is 0 Å². The Bertz CT molecular complexity index is 472. The molecular formula is C17H25NO2. The van der Waals surface area contributed by atoms with Gasteiger partial charge >= 0.3 is 5.97 Å². The van der Waals surface area contributed by atoms with E-state index in [9.17, 15) is 9.90 Å². The van der Waals surface area contributed by atoms with Crippen molar-refractivity contribution in [2.24, 2.45) is 11.8 Å². The summed E-state index contributed by atoms with van der Waals surface area (Å²) < 4.78 is 0. The van der Waals surface area contributed by atoms with Gasteiger partial charge in [0.05, 0.1) is 5.92 Å². The minimum atomic E-state index is -0.640. The molecule has 0 spiro atoms. The van der Waals surface area contributed by atoms with Gasteiger partial charge in [-0.3, -0.25) is 9.69 Å². The van der Waals surface area contributed by atoms with E-state index in [1.165, 1.54) is 11.1 Å². The van der Waals surface area contributed by atoms with Gasteiger partial charge in [0.2, 0.25) is 0 Å². The molecule has 3 nitrogen and oxygen atoms in total. The maximum absolute atomic E-state index is 11.5. The third-order valence-corrected chi connectivity index (χ3v) is 4.64. The summed E-state index contributed by atoms with van der Waals surface area (Å²) in [7, 11) is 2.06. The van der Waals surface area contributed by atoms with Crippen molar-refractivity contribution in [2.45, 2.75) is 45.7 Å². The highest BCUT2D eigenvalue weighted by molar-refractivity contribution is 5.71. The first-order chi connectivity index (χ1) is 9.49. The van der Waals surface area contributed by atoms with Crippen LogP contribution in [0.4, 0.5) is 0 Å². The quantitative estimate of drug-likeness (QED) is 0.916. The zero-order chi connectivity index (χ0) is 14.7. The van der Waals surface area contributed by atoms with Crippen molar-refractivity contribution < 1.29 is 9.90 Å². The van der Waals surface area contributed by atoms with E-state index in [1.54, 1.807) is 0 Å². The Morgan fingerprint density at radius 3 is 2.70 bits per heavy atom. The molecule has 1 fully saturated rings. The van der Waals surface area contributed by atoms with Crippen molar-refractivity contribution in [2.75, 3.05) is 7.05 Å². The number of aryl methyl sites for hydroxylation is 1. The van der Waals surface area contributed by atoms with Gasteiger partial charge in [-0.25, -0.2) is 0 Å². The second-order valence-corrected chi connectivity index (χ2v) is 6.27. The summed E-state index contributed by atoms with van der Waals surface area (Å²) in [6.45, 7) is 5.17. The normalized spacial score (nSPS) is 26.7. The highest BCUT2D eigenvalue weighted by Crippen LogP contribution is 2.32. The van der Waals surface area contributed by atoms with Gasteiger partial charge in [0.1, 0.15) is 0 Å². The molecule has 3 unspecified atom stereocenters. The lowest BCUT2D eigenvalue weighted by Gasteiger charge is -2.38. The number of hydrogen-bond acceptors (Lipinski definition) is 2. The van der Waals surface area contributed by atoms with Gasteiger partial charge in [0, 0.05) is 12.6 Å². The Morgan fingerprint density at radius 2 is 2.05 bits per heavy atom. The molecule has 1 aliphatic rings. The summed E-state index contributed by atoms with van der Waals surface area (Å²) in [5.41, 5.74) is 2.56. The molecular weight excluding hydrogens is 250 g/mol. The summed E-state index contributed by atoms with van der Waals surface area (Å²) in [6.07, 6.45) is 2.82. The lowest BCUT2D eigenvalue weighted by molar-refractivity contribution is -0.146. The maximum atomic E-state index is 11.5. The molecule has 0 aromatic heterocycles. The SMILES string of the molecule is Cc1ccccc1CN(C)C1CC(C)CCC1C(=O)O. The average molecular weight is 275 g/mol. The van der Waals surface area contributed by atoms with E-state index in [1.807, 2.05) is 12.1 Å². The standard InChI is InChI=1S/C17H25NO2/c1-12-8-9-15(17(19)20)16(10-12)18(3)11-14-7-5-4-6-13(14)2/h4-7,12,15-16H,8-11H2,1-3H3,(H,19,20). The first kappa shape index (κ1) is 15.0. The van der Waals surface area contributed by atoms with Crippen LogP contribution in [0, 0.1) is 18.8 Å². The molecule has 0 heterocycles. The van der Waals surface area contributed by atoms with Gasteiger partial charge in [0.15, 0.2) is 0 Å². The van der Waals surface area contributed by atoms with Gasteiger partial charge in [0.25, 0.3) is 0 Å². The van der Waals surface area contributed by atoms with E-state index < -0.39 is 5.97 Å². The maximum Gasteiger partial charge on any atom is 0.308 e. The van der Waals surface area contributed by atoms with Crippen molar-refractivity contribution in [1.29, 1.82) is 0 Å². The Balaban J connectivity index is 2.11. The molecule has 1 saturated carbocycles. The first-order valence-electron chi connectivity index (χ1n) is 7.46. The van der Waals surface area contributed by atoms with Crippen LogP contribution in [0.1, 0.15) is 37.3 Å². The molecule has 0 amide bonds. The minimum Gasteiger partial charge on any atom is -0.481 e. The van der Waals surface area contributed by atoms with E-state index in [2.05, 4.69) is 37.9 Å². The van der Waals surface area contributed by atoms with Gasteiger partial charge in [-0.15, -0.1) is 0 Å². The highest BCUT2D eigenvalue weighted by Gasteiger charge is 2.35.